The van der Waals surface area contributed by atoms with Gasteiger partial charge in [0.05, 0.1) is 5.41 Å². The van der Waals surface area contributed by atoms with Crippen molar-refractivity contribution in [2.45, 2.75) is 32.1 Å². The Morgan fingerprint density at radius 1 is 1.33 bits per heavy atom. The van der Waals surface area contributed by atoms with Crippen molar-refractivity contribution in [2.75, 3.05) is 6.54 Å². The van der Waals surface area contributed by atoms with Gasteiger partial charge in [-0.05, 0) is 18.8 Å². The van der Waals surface area contributed by atoms with E-state index in [9.17, 15) is 14.7 Å². The quantitative estimate of drug-likeness (QED) is 0.675. The van der Waals surface area contributed by atoms with Gasteiger partial charge in [-0.15, -0.1) is 6.42 Å². The number of rotatable bonds is 3. The molecule has 0 aliphatic heterocycles. The van der Waals surface area contributed by atoms with E-state index in [-0.39, 0.29) is 6.54 Å². The zero-order chi connectivity index (χ0) is 11.3. The number of aliphatic carboxylic acids is 1. The Labute approximate surface area is 89.0 Å². The number of hydrogen-bond donors (Lipinski definition) is 2. The highest BCUT2D eigenvalue weighted by Crippen LogP contribution is 2.35. The van der Waals surface area contributed by atoms with Gasteiger partial charge in [0, 0.05) is 6.54 Å². The Hall–Kier alpha value is -1.50. The molecule has 0 spiro atoms. The Morgan fingerprint density at radius 3 is 2.40 bits per heavy atom. The van der Waals surface area contributed by atoms with E-state index in [0.29, 0.717) is 12.8 Å². The van der Waals surface area contributed by atoms with Crippen molar-refractivity contribution >= 4 is 11.9 Å². The summed E-state index contributed by atoms with van der Waals surface area (Å²) in [6.07, 6.45) is 9.00. The van der Waals surface area contributed by atoms with Gasteiger partial charge in [0.1, 0.15) is 0 Å². The monoisotopic (exact) mass is 209 g/mol. The summed E-state index contributed by atoms with van der Waals surface area (Å²) in [5.74, 6) is 0.543. The van der Waals surface area contributed by atoms with Gasteiger partial charge in [-0.2, -0.15) is 0 Å². The van der Waals surface area contributed by atoms with Crippen LogP contribution >= 0.6 is 0 Å². The zero-order valence-electron chi connectivity index (χ0n) is 8.58. The second-order valence-corrected chi connectivity index (χ2v) is 3.97. The third kappa shape index (κ3) is 2.72. The molecule has 1 aliphatic carbocycles. The maximum absolute atomic E-state index is 11.2. The number of terminal acetylenes is 1. The van der Waals surface area contributed by atoms with Crippen molar-refractivity contribution < 1.29 is 14.7 Å². The summed E-state index contributed by atoms with van der Waals surface area (Å²) in [5.41, 5.74) is -0.801. The van der Waals surface area contributed by atoms with Crippen LogP contribution in [0.1, 0.15) is 32.1 Å². The number of nitrogens with one attached hydrogen (secondary N) is 1. The average molecular weight is 209 g/mol. The van der Waals surface area contributed by atoms with E-state index in [4.69, 9.17) is 6.42 Å². The molecule has 1 amide bonds. The predicted molar refractivity (Wildman–Crippen MR) is 55.0 cm³/mol. The number of carbonyl (C=O) groups is 2. The van der Waals surface area contributed by atoms with Gasteiger partial charge in [-0.1, -0.05) is 19.3 Å². The van der Waals surface area contributed by atoms with Gasteiger partial charge in [-0.3, -0.25) is 9.59 Å². The van der Waals surface area contributed by atoms with Gasteiger partial charge in [0.15, 0.2) is 0 Å². The lowest BCUT2D eigenvalue weighted by Gasteiger charge is -2.32. The molecule has 82 valence electrons. The van der Waals surface area contributed by atoms with E-state index in [1.165, 1.54) is 0 Å². The van der Waals surface area contributed by atoms with Gasteiger partial charge in [0.2, 0.25) is 0 Å². The fraction of sp³-hybridized carbons (Fsp3) is 0.636. The summed E-state index contributed by atoms with van der Waals surface area (Å²) in [4.78, 5) is 22.1. The van der Waals surface area contributed by atoms with Gasteiger partial charge < -0.3 is 10.4 Å². The molecule has 0 saturated heterocycles. The van der Waals surface area contributed by atoms with Gasteiger partial charge >= 0.3 is 5.97 Å². The first-order chi connectivity index (χ1) is 7.10. The lowest BCUT2D eigenvalue weighted by atomic mass is 9.74. The maximum Gasteiger partial charge on any atom is 0.311 e. The van der Waals surface area contributed by atoms with Gasteiger partial charge in [0.25, 0.3) is 5.91 Å². The highest BCUT2D eigenvalue weighted by molar-refractivity contribution is 5.93. The van der Waals surface area contributed by atoms with Crippen LogP contribution in [0.4, 0.5) is 0 Å². The van der Waals surface area contributed by atoms with E-state index in [2.05, 4.69) is 5.32 Å². The van der Waals surface area contributed by atoms with Crippen LogP contribution in [0.5, 0.6) is 0 Å². The maximum atomic E-state index is 11.2. The molecule has 1 rings (SSSR count). The molecule has 0 bridgehead atoms. The minimum Gasteiger partial charge on any atom is -0.481 e. The lowest BCUT2D eigenvalue weighted by molar-refractivity contribution is -0.150. The molecule has 4 heteroatoms. The van der Waals surface area contributed by atoms with Crippen LogP contribution in [0.15, 0.2) is 0 Å². The fourth-order valence-electron chi connectivity index (χ4n) is 2.00. The largest absolute Gasteiger partial charge is 0.481 e. The van der Waals surface area contributed by atoms with Crippen LogP contribution in [-0.2, 0) is 9.59 Å². The minimum atomic E-state index is -0.834. The molecule has 1 saturated carbocycles. The molecule has 1 fully saturated rings. The summed E-state index contributed by atoms with van der Waals surface area (Å²) in [7, 11) is 0. The molecule has 0 radical (unpaired) electrons. The molecule has 0 heterocycles. The zero-order valence-corrected chi connectivity index (χ0v) is 8.58. The molecule has 2 N–H and O–H groups in total. The van der Waals surface area contributed by atoms with Crippen molar-refractivity contribution in [3.63, 3.8) is 0 Å². The molecule has 0 atom stereocenters. The van der Waals surface area contributed by atoms with Crippen LogP contribution in [0.2, 0.25) is 0 Å². The van der Waals surface area contributed by atoms with Crippen LogP contribution in [0.25, 0.3) is 0 Å². The number of amides is 1. The third-order valence-corrected chi connectivity index (χ3v) is 2.98. The highest BCUT2D eigenvalue weighted by Gasteiger charge is 2.39. The van der Waals surface area contributed by atoms with Crippen molar-refractivity contribution in [2.24, 2.45) is 5.41 Å². The van der Waals surface area contributed by atoms with E-state index in [1.807, 2.05) is 5.92 Å². The molecule has 0 unspecified atom stereocenters. The summed E-state index contributed by atoms with van der Waals surface area (Å²) in [5, 5.41) is 11.6. The van der Waals surface area contributed by atoms with Crippen molar-refractivity contribution in [3.05, 3.63) is 0 Å². The van der Waals surface area contributed by atoms with Crippen LogP contribution in [-0.4, -0.2) is 23.5 Å². The van der Waals surface area contributed by atoms with E-state index >= 15 is 0 Å². The van der Waals surface area contributed by atoms with Crippen LogP contribution in [0, 0.1) is 17.8 Å². The second-order valence-electron chi connectivity index (χ2n) is 3.97. The number of carbonyl (C=O) groups excluding carboxylic acids is 1. The summed E-state index contributed by atoms with van der Waals surface area (Å²) < 4.78 is 0. The van der Waals surface area contributed by atoms with E-state index in [1.54, 1.807) is 0 Å². The second kappa shape index (κ2) is 4.83. The summed E-state index contributed by atoms with van der Waals surface area (Å²) >= 11 is 0. The normalized spacial score (nSPS) is 18.9. The smallest absolute Gasteiger partial charge is 0.311 e. The Kier molecular flexibility index (Phi) is 3.73. The van der Waals surface area contributed by atoms with Crippen molar-refractivity contribution in [3.8, 4) is 12.3 Å². The molecule has 15 heavy (non-hydrogen) atoms. The third-order valence-electron chi connectivity index (χ3n) is 2.98. The topological polar surface area (TPSA) is 66.4 Å². The molecule has 0 aromatic carbocycles. The molecular weight excluding hydrogens is 194 g/mol. The number of carboxylic acids is 1. The molecule has 4 nitrogen and oxygen atoms in total. The molecule has 1 aliphatic rings. The first-order valence-corrected chi connectivity index (χ1v) is 5.08. The van der Waals surface area contributed by atoms with E-state index in [0.717, 1.165) is 19.3 Å². The number of hydrogen-bond acceptors (Lipinski definition) is 2. The Bertz CT molecular complexity index is 297. The molecule has 0 aromatic heterocycles. The van der Waals surface area contributed by atoms with Crippen LogP contribution < -0.4 is 5.32 Å². The first-order valence-electron chi connectivity index (χ1n) is 5.08. The summed E-state index contributed by atoms with van der Waals surface area (Å²) in [6.45, 7) is 0.144. The lowest BCUT2D eigenvalue weighted by Crippen LogP contribution is -2.44. The highest BCUT2D eigenvalue weighted by atomic mass is 16.4. The van der Waals surface area contributed by atoms with Crippen LogP contribution in [0.3, 0.4) is 0 Å². The number of carboxylic acid groups (broad SMARTS) is 1. The van der Waals surface area contributed by atoms with E-state index < -0.39 is 17.3 Å². The van der Waals surface area contributed by atoms with Crippen molar-refractivity contribution in [1.29, 1.82) is 0 Å². The SMILES string of the molecule is C#CC(=O)NCC1(C(=O)O)CCCCC1. The summed E-state index contributed by atoms with van der Waals surface area (Å²) in [6, 6.07) is 0. The molecular formula is C11H15NO3. The van der Waals surface area contributed by atoms with Crippen molar-refractivity contribution in [1.82, 2.24) is 5.32 Å². The predicted octanol–water partition coefficient (Wildman–Crippen LogP) is 0.771. The van der Waals surface area contributed by atoms with Gasteiger partial charge in [-0.25, -0.2) is 0 Å². The standard InChI is InChI=1S/C11H15NO3/c1-2-9(13)12-8-11(10(14)15)6-4-3-5-7-11/h1H,3-8H2,(H,12,13)(H,14,15). The minimum absolute atomic E-state index is 0.144. The Balaban J connectivity index is 2.61. The fourth-order valence-corrected chi connectivity index (χ4v) is 2.00. The Morgan fingerprint density at radius 2 is 1.93 bits per heavy atom. The first kappa shape index (κ1) is 11.6. The molecule has 0 aromatic rings. The average Bonchev–Trinajstić information content (AvgIpc) is 2.27.